The van der Waals surface area contributed by atoms with Gasteiger partial charge in [-0.05, 0) is 71.9 Å². The van der Waals surface area contributed by atoms with Gasteiger partial charge < -0.3 is 4.57 Å². The van der Waals surface area contributed by atoms with E-state index < -0.39 is 0 Å². The van der Waals surface area contributed by atoms with Crippen molar-refractivity contribution in [3.8, 4) is 0 Å². The number of aryl methyl sites for hydroxylation is 1. The van der Waals surface area contributed by atoms with Gasteiger partial charge in [-0.3, -0.25) is 0 Å². The summed E-state index contributed by atoms with van der Waals surface area (Å²) >= 11 is 5.10. The highest BCUT2D eigenvalue weighted by atomic mass is 79.9. The summed E-state index contributed by atoms with van der Waals surface area (Å²) in [5.41, 5.74) is 1.17. The van der Waals surface area contributed by atoms with Crippen LogP contribution in [0.25, 0.3) is 0 Å². The van der Waals surface area contributed by atoms with Gasteiger partial charge in [0.1, 0.15) is 10.9 Å². The van der Waals surface area contributed by atoms with Crippen LogP contribution in [-0.2, 0) is 0 Å². The maximum Gasteiger partial charge on any atom is 0.197 e. The Morgan fingerprint density at radius 2 is 2.05 bits per heavy atom. The molecule has 0 radical (unpaired) electrons. The molecule has 4 rings (SSSR count). The monoisotopic (exact) mass is 350 g/mol. The van der Waals surface area contributed by atoms with Crippen LogP contribution in [0.4, 0.5) is 0 Å². The maximum absolute atomic E-state index is 4.50. The van der Waals surface area contributed by atoms with Crippen LogP contribution in [0.2, 0.25) is 0 Å². The van der Waals surface area contributed by atoms with Crippen LogP contribution in [0.5, 0.6) is 0 Å². The van der Waals surface area contributed by atoms with Crippen LogP contribution in [0.3, 0.4) is 0 Å². The zero-order valence-electron chi connectivity index (χ0n) is 11.2. The van der Waals surface area contributed by atoms with E-state index in [4.69, 9.17) is 0 Å². The third kappa shape index (κ3) is 2.39. The normalized spacial score (nSPS) is 18.5. The second-order valence-corrected chi connectivity index (χ2v) is 7.47. The molecule has 20 heavy (non-hydrogen) atoms. The van der Waals surface area contributed by atoms with Crippen molar-refractivity contribution in [2.45, 2.75) is 54.7 Å². The Hall–Kier alpha value is -0.880. The van der Waals surface area contributed by atoms with Crippen molar-refractivity contribution in [1.29, 1.82) is 0 Å². The quantitative estimate of drug-likeness (QED) is 0.832. The van der Waals surface area contributed by atoms with Gasteiger partial charge in [0.15, 0.2) is 5.16 Å². The van der Waals surface area contributed by atoms with Crippen LogP contribution in [0.15, 0.2) is 26.9 Å². The van der Waals surface area contributed by atoms with Gasteiger partial charge in [-0.15, -0.1) is 10.2 Å². The molecule has 0 unspecified atom stereocenters. The first kappa shape index (κ1) is 12.8. The summed E-state index contributed by atoms with van der Waals surface area (Å²) in [5, 5.41) is 10.9. The zero-order valence-corrected chi connectivity index (χ0v) is 13.6. The van der Waals surface area contributed by atoms with Crippen LogP contribution in [-0.4, -0.2) is 19.7 Å². The smallest absolute Gasteiger partial charge is 0.197 e. The molecule has 2 aliphatic rings. The fourth-order valence-electron chi connectivity index (χ4n) is 2.38. The van der Waals surface area contributed by atoms with Crippen LogP contribution >= 0.6 is 27.7 Å². The van der Waals surface area contributed by atoms with Crippen molar-refractivity contribution in [3.63, 3.8) is 0 Å². The molecule has 2 heterocycles. The molecule has 0 N–H and O–H groups in total. The summed E-state index contributed by atoms with van der Waals surface area (Å²) in [6.45, 7) is 2.08. The number of hydrogen-bond acceptors (Lipinski definition) is 4. The number of hydrogen-bond donors (Lipinski definition) is 0. The molecule has 0 spiro atoms. The van der Waals surface area contributed by atoms with Gasteiger partial charge in [-0.2, -0.15) is 0 Å². The number of pyridine rings is 1. The predicted octanol–water partition coefficient (Wildman–Crippen LogP) is 4.11. The van der Waals surface area contributed by atoms with Gasteiger partial charge in [0.25, 0.3) is 0 Å². The van der Waals surface area contributed by atoms with E-state index in [1.165, 1.54) is 37.1 Å². The predicted molar refractivity (Wildman–Crippen MR) is 81.1 cm³/mol. The fourth-order valence-corrected chi connectivity index (χ4v) is 3.74. The Morgan fingerprint density at radius 1 is 1.25 bits per heavy atom. The molecule has 0 aromatic carbocycles. The molecule has 6 heteroatoms. The van der Waals surface area contributed by atoms with Crippen LogP contribution in [0.1, 0.15) is 49.0 Å². The van der Waals surface area contributed by atoms with Gasteiger partial charge >= 0.3 is 0 Å². The van der Waals surface area contributed by atoms with Crippen molar-refractivity contribution in [3.05, 3.63) is 28.1 Å². The highest BCUT2D eigenvalue weighted by Crippen LogP contribution is 2.46. The molecule has 104 valence electrons. The lowest BCUT2D eigenvalue weighted by atomic mass is 10.3. The molecule has 2 aromatic rings. The highest BCUT2D eigenvalue weighted by Gasteiger charge is 2.36. The standard InChI is InChI=1S/C14H15BrN4S/c1-8-6-10(15)7-16-13(8)20-14-18-17-12(9-2-3-9)19(14)11-4-5-11/h6-7,9,11H,2-5H2,1H3. The molecule has 2 aliphatic carbocycles. The maximum atomic E-state index is 4.50. The van der Waals surface area contributed by atoms with Crippen molar-refractivity contribution >= 4 is 27.7 Å². The van der Waals surface area contributed by atoms with E-state index in [9.17, 15) is 0 Å². The first-order chi connectivity index (χ1) is 9.72. The average molecular weight is 351 g/mol. The Morgan fingerprint density at radius 3 is 2.70 bits per heavy atom. The van der Waals surface area contributed by atoms with E-state index in [1.54, 1.807) is 11.8 Å². The van der Waals surface area contributed by atoms with E-state index in [1.807, 2.05) is 6.20 Å². The van der Waals surface area contributed by atoms with Gasteiger partial charge in [-0.25, -0.2) is 4.98 Å². The van der Waals surface area contributed by atoms with E-state index >= 15 is 0 Å². The lowest BCUT2D eigenvalue weighted by Crippen LogP contribution is -2.02. The summed E-state index contributed by atoms with van der Waals surface area (Å²) in [4.78, 5) is 4.50. The molecule has 2 fully saturated rings. The molecule has 4 nitrogen and oxygen atoms in total. The number of aromatic nitrogens is 4. The Bertz CT molecular complexity index is 661. The minimum atomic E-state index is 0.624. The first-order valence-electron chi connectivity index (χ1n) is 6.97. The summed E-state index contributed by atoms with van der Waals surface area (Å²) in [6, 6.07) is 2.72. The van der Waals surface area contributed by atoms with Gasteiger partial charge in [0.2, 0.25) is 0 Å². The third-order valence-corrected chi connectivity index (χ3v) is 5.25. The fraction of sp³-hybridized carbons (Fsp3) is 0.500. The Labute approximate surface area is 130 Å². The second kappa shape index (κ2) is 4.84. The van der Waals surface area contributed by atoms with Gasteiger partial charge in [0, 0.05) is 22.6 Å². The Balaban J connectivity index is 1.68. The summed E-state index contributed by atoms with van der Waals surface area (Å²) in [7, 11) is 0. The zero-order chi connectivity index (χ0) is 13.7. The molecule has 2 aromatic heterocycles. The highest BCUT2D eigenvalue weighted by molar-refractivity contribution is 9.10. The van der Waals surface area contributed by atoms with Crippen molar-refractivity contribution in [1.82, 2.24) is 19.7 Å². The second-order valence-electron chi connectivity index (χ2n) is 5.59. The van der Waals surface area contributed by atoms with Crippen molar-refractivity contribution in [2.24, 2.45) is 0 Å². The summed E-state index contributed by atoms with van der Waals surface area (Å²) in [5.74, 6) is 1.85. The van der Waals surface area contributed by atoms with Gasteiger partial charge in [0.05, 0.1) is 0 Å². The molecule has 0 bridgehead atoms. The number of nitrogens with zero attached hydrogens (tertiary/aromatic N) is 4. The topological polar surface area (TPSA) is 43.6 Å². The van der Waals surface area contributed by atoms with E-state index in [0.717, 1.165) is 14.7 Å². The first-order valence-corrected chi connectivity index (χ1v) is 8.58. The minimum Gasteiger partial charge on any atom is -0.302 e. The molecule has 2 saturated carbocycles. The van der Waals surface area contributed by atoms with Crippen molar-refractivity contribution in [2.75, 3.05) is 0 Å². The number of rotatable bonds is 4. The van der Waals surface area contributed by atoms with E-state index in [-0.39, 0.29) is 0 Å². The number of halogens is 1. The van der Waals surface area contributed by atoms with E-state index in [0.29, 0.717) is 12.0 Å². The SMILES string of the molecule is Cc1cc(Br)cnc1Sc1nnc(C2CC2)n1C1CC1. The third-order valence-electron chi connectivity index (χ3n) is 3.73. The van der Waals surface area contributed by atoms with Crippen LogP contribution in [0, 0.1) is 6.92 Å². The molecular weight excluding hydrogens is 336 g/mol. The Kier molecular flexibility index (Phi) is 3.11. The lowest BCUT2D eigenvalue weighted by molar-refractivity contribution is 0.626. The van der Waals surface area contributed by atoms with Gasteiger partial charge in [-0.1, -0.05) is 0 Å². The lowest BCUT2D eigenvalue weighted by Gasteiger charge is -2.08. The van der Waals surface area contributed by atoms with Crippen LogP contribution < -0.4 is 0 Å². The van der Waals surface area contributed by atoms with Crippen molar-refractivity contribution < 1.29 is 0 Å². The molecule has 0 atom stereocenters. The summed E-state index contributed by atoms with van der Waals surface area (Å²) in [6.07, 6.45) is 6.90. The minimum absolute atomic E-state index is 0.624. The molecule has 0 aliphatic heterocycles. The molecule has 0 amide bonds. The molecule has 0 saturated heterocycles. The molecular formula is C14H15BrN4S. The summed E-state index contributed by atoms with van der Waals surface area (Å²) < 4.78 is 3.38. The largest absolute Gasteiger partial charge is 0.302 e. The average Bonchev–Trinajstić information content (AvgIpc) is 3.31. The van der Waals surface area contributed by atoms with E-state index in [2.05, 4.69) is 48.7 Å².